The quantitative estimate of drug-likeness (QED) is 0.600. The molecule has 1 atom stereocenters. The Kier molecular flexibility index (Phi) is 6.72. The molecule has 1 aromatic carbocycles. The first-order chi connectivity index (χ1) is 10.7. The summed E-state index contributed by atoms with van der Waals surface area (Å²) in [5.74, 6) is 1.18. The topological polar surface area (TPSA) is 53.6 Å². The molecule has 4 heteroatoms. The highest BCUT2D eigenvalue weighted by atomic mass is 15.2. The molecule has 1 aliphatic heterocycles. The molecular weight excluding hydrogens is 272 g/mol. The third-order valence-electron chi connectivity index (χ3n) is 4.39. The molecule has 0 aromatic heterocycles. The molecular formula is C18H30N4. The predicted octanol–water partition coefficient (Wildman–Crippen LogP) is 2.25. The Labute approximate surface area is 134 Å². The second kappa shape index (κ2) is 8.79. The van der Waals surface area contributed by atoms with Gasteiger partial charge >= 0.3 is 0 Å². The summed E-state index contributed by atoms with van der Waals surface area (Å²) in [4.78, 5) is 7.12. The molecule has 1 heterocycles. The normalized spacial score (nSPS) is 17.9. The summed E-state index contributed by atoms with van der Waals surface area (Å²) in [6, 6.07) is 11.0. The van der Waals surface area contributed by atoms with Gasteiger partial charge in [0.1, 0.15) is 0 Å². The van der Waals surface area contributed by atoms with Crippen LogP contribution >= 0.6 is 0 Å². The number of hydrogen-bond donors (Lipinski definition) is 2. The van der Waals surface area contributed by atoms with E-state index in [2.05, 4.69) is 53.3 Å². The van der Waals surface area contributed by atoms with E-state index in [9.17, 15) is 0 Å². The van der Waals surface area contributed by atoms with Crippen LogP contribution in [0.5, 0.6) is 0 Å². The third-order valence-corrected chi connectivity index (χ3v) is 4.39. The first kappa shape index (κ1) is 16.8. The van der Waals surface area contributed by atoms with E-state index < -0.39 is 0 Å². The number of benzene rings is 1. The largest absolute Gasteiger partial charge is 0.370 e. The van der Waals surface area contributed by atoms with Crippen molar-refractivity contribution in [2.75, 3.05) is 26.2 Å². The van der Waals surface area contributed by atoms with E-state index in [0.29, 0.717) is 17.9 Å². The van der Waals surface area contributed by atoms with Gasteiger partial charge in [-0.05, 0) is 43.8 Å². The van der Waals surface area contributed by atoms with Crippen molar-refractivity contribution in [3.05, 3.63) is 35.9 Å². The Morgan fingerprint density at radius 1 is 1.23 bits per heavy atom. The summed E-state index contributed by atoms with van der Waals surface area (Å²) in [5.41, 5.74) is 7.32. The lowest BCUT2D eigenvalue weighted by atomic mass is 10.0. The number of hydrogen-bond acceptors (Lipinski definition) is 2. The molecule has 1 aromatic rings. The number of rotatable bonds is 7. The van der Waals surface area contributed by atoms with E-state index >= 15 is 0 Å². The van der Waals surface area contributed by atoms with Crippen molar-refractivity contribution in [2.45, 2.75) is 39.2 Å². The van der Waals surface area contributed by atoms with Gasteiger partial charge in [0.25, 0.3) is 0 Å². The summed E-state index contributed by atoms with van der Waals surface area (Å²) in [6.07, 6.45) is 3.60. The highest BCUT2D eigenvalue weighted by Crippen LogP contribution is 2.17. The van der Waals surface area contributed by atoms with Gasteiger partial charge in [-0.2, -0.15) is 0 Å². The van der Waals surface area contributed by atoms with Gasteiger partial charge < -0.3 is 11.1 Å². The van der Waals surface area contributed by atoms with Crippen molar-refractivity contribution in [2.24, 2.45) is 16.6 Å². The second-order valence-electron chi connectivity index (χ2n) is 6.44. The maximum absolute atomic E-state index is 6.01. The van der Waals surface area contributed by atoms with Crippen molar-refractivity contribution < 1.29 is 0 Å². The third kappa shape index (κ3) is 5.34. The minimum absolute atomic E-state index is 0.511. The zero-order valence-corrected chi connectivity index (χ0v) is 14.0. The maximum Gasteiger partial charge on any atom is 0.188 e. The summed E-state index contributed by atoms with van der Waals surface area (Å²) >= 11 is 0. The van der Waals surface area contributed by atoms with Gasteiger partial charge in [0.05, 0.1) is 6.54 Å². The van der Waals surface area contributed by atoms with Crippen LogP contribution in [0.25, 0.3) is 0 Å². The van der Waals surface area contributed by atoms with Crippen molar-refractivity contribution in [1.82, 2.24) is 10.2 Å². The summed E-state index contributed by atoms with van der Waals surface area (Å²) in [7, 11) is 0. The Hall–Kier alpha value is -1.55. The fourth-order valence-corrected chi connectivity index (χ4v) is 3.05. The van der Waals surface area contributed by atoms with Gasteiger partial charge in [-0.3, -0.25) is 9.89 Å². The van der Waals surface area contributed by atoms with Crippen LogP contribution in [0.4, 0.5) is 0 Å². The van der Waals surface area contributed by atoms with Gasteiger partial charge in [0, 0.05) is 12.6 Å². The fraction of sp³-hybridized carbons (Fsp3) is 0.611. The number of aliphatic imine (C=N–C) groups is 1. The molecule has 2 rings (SSSR count). The number of nitrogens with zero attached hydrogens (tertiary/aromatic N) is 2. The van der Waals surface area contributed by atoms with Crippen LogP contribution in [0, 0.1) is 5.92 Å². The van der Waals surface area contributed by atoms with Crippen molar-refractivity contribution in [3.63, 3.8) is 0 Å². The minimum atomic E-state index is 0.511. The molecule has 0 spiro atoms. The molecule has 0 amide bonds. The zero-order valence-electron chi connectivity index (χ0n) is 14.0. The molecule has 22 heavy (non-hydrogen) atoms. The smallest absolute Gasteiger partial charge is 0.188 e. The van der Waals surface area contributed by atoms with Crippen LogP contribution in [0.2, 0.25) is 0 Å². The summed E-state index contributed by atoms with van der Waals surface area (Å²) in [6.45, 7) is 8.59. The van der Waals surface area contributed by atoms with Gasteiger partial charge in [0.2, 0.25) is 0 Å². The van der Waals surface area contributed by atoms with Crippen molar-refractivity contribution in [1.29, 1.82) is 0 Å². The monoisotopic (exact) mass is 302 g/mol. The molecule has 1 unspecified atom stereocenters. The van der Waals surface area contributed by atoms with E-state index in [1.807, 2.05) is 6.07 Å². The van der Waals surface area contributed by atoms with E-state index in [-0.39, 0.29) is 0 Å². The Morgan fingerprint density at radius 2 is 1.91 bits per heavy atom. The number of likely N-dealkylation sites (tertiary alicyclic amines) is 1. The standard InChI is InChI=1S/C18H30N4/c1-15(2)17(22-12-6-7-13-22)14-21-18(19)20-11-10-16-8-4-3-5-9-16/h3-5,8-9,15,17H,6-7,10-14H2,1-2H3,(H3,19,20,21). The minimum Gasteiger partial charge on any atom is -0.370 e. The summed E-state index contributed by atoms with van der Waals surface area (Å²) < 4.78 is 0. The highest BCUT2D eigenvalue weighted by molar-refractivity contribution is 5.77. The predicted molar refractivity (Wildman–Crippen MR) is 94.1 cm³/mol. The number of nitrogens with two attached hydrogens (primary N) is 1. The average molecular weight is 302 g/mol. The van der Waals surface area contributed by atoms with E-state index in [0.717, 1.165) is 19.5 Å². The van der Waals surface area contributed by atoms with Gasteiger partial charge in [-0.15, -0.1) is 0 Å². The molecule has 1 fully saturated rings. The first-order valence-electron chi connectivity index (χ1n) is 8.48. The molecule has 0 saturated carbocycles. The van der Waals surface area contributed by atoms with Crippen molar-refractivity contribution in [3.8, 4) is 0 Å². The van der Waals surface area contributed by atoms with Crippen molar-refractivity contribution >= 4 is 5.96 Å². The molecule has 1 saturated heterocycles. The van der Waals surface area contributed by atoms with Crippen LogP contribution in [-0.2, 0) is 6.42 Å². The second-order valence-corrected chi connectivity index (χ2v) is 6.44. The molecule has 0 aliphatic carbocycles. The lowest BCUT2D eigenvalue weighted by Crippen LogP contribution is -2.41. The first-order valence-corrected chi connectivity index (χ1v) is 8.48. The summed E-state index contributed by atoms with van der Waals surface area (Å²) in [5, 5.41) is 3.23. The lowest BCUT2D eigenvalue weighted by Gasteiger charge is -2.29. The maximum atomic E-state index is 6.01. The Bertz CT molecular complexity index is 449. The van der Waals surface area contributed by atoms with E-state index in [1.165, 1.54) is 31.5 Å². The van der Waals surface area contributed by atoms with E-state index in [1.54, 1.807) is 0 Å². The van der Waals surface area contributed by atoms with Gasteiger partial charge in [-0.25, -0.2) is 0 Å². The fourth-order valence-electron chi connectivity index (χ4n) is 3.05. The van der Waals surface area contributed by atoms with Crippen LogP contribution in [0.15, 0.2) is 35.3 Å². The molecule has 122 valence electrons. The number of nitrogens with one attached hydrogen (secondary N) is 1. The lowest BCUT2D eigenvalue weighted by molar-refractivity contribution is 0.197. The van der Waals surface area contributed by atoms with E-state index in [4.69, 9.17) is 5.73 Å². The van der Waals surface area contributed by atoms with Crippen LogP contribution in [0.3, 0.4) is 0 Å². The molecule has 3 N–H and O–H groups in total. The number of guanidine groups is 1. The van der Waals surface area contributed by atoms with Crippen LogP contribution in [-0.4, -0.2) is 43.1 Å². The Balaban J connectivity index is 1.75. The molecule has 0 bridgehead atoms. The molecule has 4 nitrogen and oxygen atoms in total. The zero-order chi connectivity index (χ0) is 15.8. The van der Waals surface area contributed by atoms with Crippen LogP contribution < -0.4 is 11.1 Å². The molecule has 0 radical (unpaired) electrons. The SMILES string of the molecule is CC(C)C(CN=C(N)NCCc1ccccc1)N1CCCC1. The van der Waals surface area contributed by atoms with Crippen LogP contribution in [0.1, 0.15) is 32.3 Å². The van der Waals surface area contributed by atoms with Gasteiger partial charge in [-0.1, -0.05) is 44.2 Å². The van der Waals surface area contributed by atoms with Gasteiger partial charge in [0.15, 0.2) is 5.96 Å². The highest BCUT2D eigenvalue weighted by Gasteiger charge is 2.24. The molecule has 1 aliphatic rings. The Morgan fingerprint density at radius 3 is 2.55 bits per heavy atom. The average Bonchev–Trinajstić information content (AvgIpc) is 3.02.